The highest BCUT2D eigenvalue weighted by molar-refractivity contribution is 7.92. The second-order valence-corrected chi connectivity index (χ2v) is 9.62. The number of anilines is 1. The van der Waals surface area contributed by atoms with Gasteiger partial charge in [0.15, 0.2) is 5.89 Å². The number of aromatic nitrogens is 1. The van der Waals surface area contributed by atoms with Gasteiger partial charge in [-0.1, -0.05) is 60.7 Å². The second kappa shape index (κ2) is 10.9. The van der Waals surface area contributed by atoms with Crippen LogP contribution in [-0.4, -0.2) is 37.6 Å². The van der Waals surface area contributed by atoms with Crippen LogP contribution in [0.3, 0.4) is 0 Å². The number of benzene rings is 3. The Morgan fingerprint density at radius 2 is 1.60 bits per heavy atom. The van der Waals surface area contributed by atoms with Gasteiger partial charge in [0.1, 0.15) is 24.3 Å². The monoisotopic (exact) mass is 492 g/mol. The van der Waals surface area contributed by atoms with E-state index >= 15 is 0 Å². The Balaban J connectivity index is 1.39. The fraction of sp³-hybridized carbons (Fsp3) is 0.154. The lowest BCUT2D eigenvalue weighted by atomic mass is 10.2. The van der Waals surface area contributed by atoms with Crippen molar-refractivity contribution >= 4 is 21.7 Å². The van der Waals surface area contributed by atoms with Gasteiger partial charge in [-0.25, -0.2) is 13.4 Å². The lowest BCUT2D eigenvalue weighted by molar-refractivity contribution is -0.135. The molecule has 0 radical (unpaired) electrons. The molecule has 0 aliphatic rings. The first-order valence-electron chi connectivity index (χ1n) is 10.9. The molecule has 3 aromatic carbocycles. The van der Waals surface area contributed by atoms with Gasteiger partial charge in [0.2, 0.25) is 10.0 Å². The lowest BCUT2D eigenvalue weighted by Crippen LogP contribution is -2.36. The first kappa shape index (κ1) is 24.0. The number of sulfonamides is 1. The molecule has 0 spiro atoms. The number of aliphatic carboxylic acids is 1. The van der Waals surface area contributed by atoms with Gasteiger partial charge < -0.3 is 14.3 Å². The van der Waals surface area contributed by atoms with E-state index in [1.807, 2.05) is 30.3 Å². The zero-order valence-electron chi connectivity index (χ0n) is 18.8. The number of nitrogens with zero attached hydrogens (tertiary/aromatic N) is 2. The van der Waals surface area contributed by atoms with Crippen molar-refractivity contribution < 1.29 is 27.5 Å². The number of carboxylic acids is 1. The molecule has 1 aromatic heterocycles. The Kier molecular flexibility index (Phi) is 7.47. The van der Waals surface area contributed by atoms with Crippen LogP contribution >= 0.6 is 0 Å². The minimum Gasteiger partial charge on any atom is -0.493 e. The molecule has 0 aliphatic carbocycles. The molecule has 180 valence electrons. The van der Waals surface area contributed by atoms with Crippen molar-refractivity contribution in [2.24, 2.45) is 0 Å². The summed E-state index contributed by atoms with van der Waals surface area (Å²) < 4.78 is 38.1. The molecule has 1 N–H and O–H groups in total. The van der Waals surface area contributed by atoms with Crippen molar-refractivity contribution in [3.8, 4) is 17.0 Å². The van der Waals surface area contributed by atoms with Crippen molar-refractivity contribution in [1.29, 1.82) is 0 Å². The fourth-order valence-electron chi connectivity index (χ4n) is 3.47. The van der Waals surface area contributed by atoms with Crippen LogP contribution in [0.2, 0.25) is 0 Å². The summed E-state index contributed by atoms with van der Waals surface area (Å²) in [6, 6.07) is 24.6. The van der Waals surface area contributed by atoms with Crippen LogP contribution in [0.5, 0.6) is 5.75 Å². The van der Waals surface area contributed by atoms with Crippen LogP contribution in [0, 0.1) is 0 Å². The highest BCUT2D eigenvalue weighted by atomic mass is 32.2. The minimum absolute atomic E-state index is 0.246. The van der Waals surface area contributed by atoms with Crippen molar-refractivity contribution in [3.05, 3.63) is 103 Å². The predicted octanol–water partition coefficient (Wildman–Crippen LogP) is 4.38. The number of hydrogen-bond acceptors (Lipinski definition) is 6. The summed E-state index contributed by atoms with van der Waals surface area (Å²) in [6.07, 6.45) is 2.05. The Morgan fingerprint density at radius 1 is 0.943 bits per heavy atom. The molecule has 0 amide bonds. The maximum Gasteiger partial charge on any atom is 0.324 e. The van der Waals surface area contributed by atoms with Gasteiger partial charge in [0, 0.05) is 5.56 Å². The Morgan fingerprint density at radius 3 is 2.26 bits per heavy atom. The highest BCUT2D eigenvalue weighted by Gasteiger charge is 2.25. The van der Waals surface area contributed by atoms with E-state index in [-0.39, 0.29) is 11.4 Å². The van der Waals surface area contributed by atoms with Gasteiger partial charge in [-0.05, 0) is 29.8 Å². The van der Waals surface area contributed by atoms with Gasteiger partial charge in [-0.15, -0.1) is 0 Å². The van der Waals surface area contributed by atoms with Gasteiger partial charge in [0.05, 0.1) is 24.5 Å². The quantitative estimate of drug-likeness (QED) is 0.331. The smallest absolute Gasteiger partial charge is 0.324 e. The fourth-order valence-corrected chi connectivity index (χ4v) is 4.99. The van der Waals surface area contributed by atoms with Crippen molar-refractivity contribution in [1.82, 2.24) is 4.98 Å². The summed E-state index contributed by atoms with van der Waals surface area (Å²) in [6.45, 7) is -0.373. The molecule has 4 rings (SSSR count). The number of oxazole rings is 1. The number of hydrogen-bond donors (Lipinski definition) is 1. The third-order valence-corrected chi connectivity index (χ3v) is 6.85. The van der Waals surface area contributed by atoms with E-state index < -0.39 is 22.5 Å². The zero-order chi connectivity index (χ0) is 24.7. The van der Waals surface area contributed by atoms with Gasteiger partial charge >= 0.3 is 5.97 Å². The van der Waals surface area contributed by atoms with Crippen LogP contribution in [0.4, 0.5) is 5.69 Å². The average molecular weight is 493 g/mol. The first-order valence-corrected chi connectivity index (χ1v) is 12.5. The molecule has 8 nitrogen and oxygen atoms in total. The van der Waals surface area contributed by atoms with Gasteiger partial charge in [0.25, 0.3) is 0 Å². The maximum absolute atomic E-state index is 13.0. The van der Waals surface area contributed by atoms with Gasteiger partial charge in [-0.3, -0.25) is 9.10 Å². The summed E-state index contributed by atoms with van der Waals surface area (Å²) >= 11 is 0. The molecular formula is C26H24N2O6S. The molecule has 0 saturated carbocycles. The number of rotatable bonds is 11. The van der Waals surface area contributed by atoms with E-state index in [9.17, 15) is 18.3 Å². The summed E-state index contributed by atoms with van der Waals surface area (Å²) in [5.41, 5.74) is 2.54. The Hall–Kier alpha value is -4.11. The van der Waals surface area contributed by atoms with E-state index in [1.165, 1.54) is 12.1 Å². The Labute approximate surface area is 203 Å². The topological polar surface area (TPSA) is 110 Å². The Bertz CT molecular complexity index is 1350. The van der Waals surface area contributed by atoms with Gasteiger partial charge in [-0.2, -0.15) is 0 Å². The number of carboxylic acid groups (broad SMARTS) is 1. The molecule has 9 heteroatoms. The first-order chi connectivity index (χ1) is 16.9. The molecule has 0 unspecified atom stereocenters. The molecule has 0 fully saturated rings. The predicted molar refractivity (Wildman–Crippen MR) is 132 cm³/mol. The third kappa shape index (κ3) is 6.48. The number of carbonyl (C=O) groups is 1. The average Bonchev–Trinajstić information content (AvgIpc) is 3.33. The van der Waals surface area contributed by atoms with Crippen LogP contribution < -0.4 is 9.04 Å². The summed E-state index contributed by atoms with van der Waals surface area (Å²) in [4.78, 5) is 15.8. The van der Waals surface area contributed by atoms with Crippen molar-refractivity contribution in [3.63, 3.8) is 0 Å². The molecular weight excluding hydrogens is 468 g/mol. The largest absolute Gasteiger partial charge is 0.493 e. The second-order valence-electron chi connectivity index (χ2n) is 7.73. The minimum atomic E-state index is -3.92. The van der Waals surface area contributed by atoms with E-state index in [0.29, 0.717) is 30.2 Å². The lowest BCUT2D eigenvalue weighted by Gasteiger charge is -2.23. The third-order valence-electron chi connectivity index (χ3n) is 5.14. The van der Waals surface area contributed by atoms with Crippen LogP contribution in [0.1, 0.15) is 11.5 Å². The zero-order valence-corrected chi connectivity index (χ0v) is 19.6. The van der Waals surface area contributed by atoms with E-state index in [2.05, 4.69) is 4.98 Å². The molecule has 0 saturated heterocycles. The van der Waals surface area contributed by atoms with E-state index in [4.69, 9.17) is 9.15 Å². The normalized spacial score (nSPS) is 11.2. The SMILES string of the molecule is O=C(O)CN(c1ccc(OCCc2nc(-c3ccccc3)co2)cc1)S(=O)(=O)Cc1ccccc1. The van der Waals surface area contributed by atoms with E-state index in [1.54, 1.807) is 48.7 Å². The summed E-state index contributed by atoms with van der Waals surface area (Å²) in [7, 11) is -3.92. The summed E-state index contributed by atoms with van der Waals surface area (Å²) in [5, 5.41) is 9.28. The molecule has 0 bridgehead atoms. The van der Waals surface area contributed by atoms with Crippen molar-refractivity contribution in [2.45, 2.75) is 12.2 Å². The molecule has 1 heterocycles. The number of ether oxygens (including phenoxy) is 1. The van der Waals surface area contributed by atoms with Crippen LogP contribution in [0.25, 0.3) is 11.3 Å². The summed E-state index contributed by atoms with van der Waals surface area (Å²) in [5.74, 6) is -0.497. The highest BCUT2D eigenvalue weighted by Crippen LogP contribution is 2.24. The molecule has 0 aliphatic heterocycles. The molecule has 0 atom stereocenters. The maximum atomic E-state index is 13.0. The van der Waals surface area contributed by atoms with Crippen LogP contribution in [-0.2, 0) is 27.0 Å². The van der Waals surface area contributed by atoms with E-state index in [0.717, 1.165) is 15.6 Å². The van der Waals surface area contributed by atoms with Crippen LogP contribution in [0.15, 0.2) is 95.6 Å². The standard InChI is InChI=1S/C26H24N2O6S/c29-26(30)17-28(35(31,32)19-20-7-3-1-4-8-20)22-11-13-23(14-12-22)33-16-15-25-27-24(18-34-25)21-9-5-2-6-10-21/h1-14,18H,15-17,19H2,(H,29,30). The molecule has 4 aromatic rings. The molecule has 35 heavy (non-hydrogen) atoms. The van der Waals surface area contributed by atoms with Crippen molar-refractivity contribution in [2.75, 3.05) is 17.5 Å².